The molecule has 2 aliphatic heterocycles. The standard InChI is InChI=1S/C23H21F3N2O4/c1-22(2)17(11-27-21(30)31-3)19(28-12-13-6-4-5-7-15(13)20(28)29)16-10-14(23(24,25)26)8-9-18(16)32-22/h4-10H,11-12H2,1-3H3,(H,27,30). The smallest absolute Gasteiger partial charge is 0.416 e. The fraction of sp³-hybridized carbons (Fsp3) is 0.304. The zero-order valence-electron chi connectivity index (χ0n) is 17.7. The van der Waals surface area contributed by atoms with Gasteiger partial charge in [0.05, 0.1) is 24.9 Å². The Hall–Kier alpha value is -3.49. The van der Waals surface area contributed by atoms with Crippen LogP contribution in [0.3, 0.4) is 0 Å². The van der Waals surface area contributed by atoms with Crippen molar-refractivity contribution in [3.05, 3.63) is 70.3 Å². The molecule has 0 saturated heterocycles. The minimum atomic E-state index is -4.57. The molecule has 2 aromatic carbocycles. The SMILES string of the molecule is COC(=O)NCC1=C(N2Cc3ccccc3C2=O)c2cc(C(F)(F)F)ccc2OC1(C)C. The van der Waals surface area contributed by atoms with Crippen LogP contribution in [0.4, 0.5) is 18.0 Å². The predicted molar refractivity (Wildman–Crippen MR) is 110 cm³/mol. The van der Waals surface area contributed by atoms with E-state index in [-0.39, 0.29) is 30.3 Å². The summed E-state index contributed by atoms with van der Waals surface area (Å²) in [6.45, 7) is 3.58. The molecule has 0 spiro atoms. The molecule has 6 nitrogen and oxygen atoms in total. The van der Waals surface area contributed by atoms with Gasteiger partial charge in [-0.1, -0.05) is 18.2 Å². The summed E-state index contributed by atoms with van der Waals surface area (Å²) in [6.07, 6.45) is -5.28. The highest BCUT2D eigenvalue weighted by Crippen LogP contribution is 2.46. The quantitative estimate of drug-likeness (QED) is 0.749. The molecule has 0 saturated carbocycles. The van der Waals surface area contributed by atoms with E-state index in [0.29, 0.717) is 16.8 Å². The van der Waals surface area contributed by atoms with E-state index in [2.05, 4.69) is 10.1 Å². The fourth-order valence-corrected chi connectivity index (χ4v) is 4.04. The van der Waals surface area contributed by atoms with Crippen molar-refractivity contribution >= 4 is 17.7 Å². The first-order valence-electron chi connectivity index (χ1n) is 9.89. The maximum absolute atomic E-state index is 13.5. The summed E-state index contributed by atoms with van der Waals surface area (Å²) < 4.78 is 51.1. The van der Waals surface area contributed by atoms with Crippen LogP contribution in [0.2, 0.25) is 0 Å². The number of nitrogens with one attached hydrogen (secondary N) is 1. The third-order valence-electron chi connectivity index (χ3n) is 5.63. The molecule has 9 heteroatoms. The molecule has 2 heterocycles. The molecule has 0 aliphatic carbocycles. The van der Waals surface area contributed by atoms with Crippen LogP contribution < -0.4 is 10.1 Å². The van der Waals surface area contributed by atoms with Gasteiger partial charge in [-0.3, -0.25) is 4.79 Å². The second-order valence-electron chi connectivity index (χ2n) is 8.04. The first-order valence-corrected chi connectivity index (χ1v) is 9.89. The van der Waals surface area contributed by atoms with Gasteiger partial charge in [0.2, 0.25) is 0 Å². The lowest BCUT2D eigenvalue weighted by Gasteiger charge is -2.39. The van der Waals surface area contributed by atoms with Crippen molar-refractivity contribution in [2.45, 2.75) is 32.2 Å². The molecule has 0 unspecified atom stereocenters. The van der Waals surface area contributed by atoms with E-state index in [0.717, 1.165) is 17.7 Å². The highest BCUT2D eigenvalue weighted by Gasteiger charge is 2.42. The van der Waals surface area contributed by atoms with Crippen molar-refractivity contribution in [1.82, 2.24) is 10.2 Å². The van der Waals surface area contributed by atoms with Gasteiger partial charge in [0.25, 0.3) is 5.91 Å². The first kappa shape index (κ1) is 21.7. The van der Waals surface area contributed by atoms with Gasteiger partial charge in [0, 0.05) is 23.2 Å². The second-order valence-corrected chi connectivity index (χ2v) is 8.04. The summed E-state index contributed by atoms with van der Waals surface area (Å²) in [4.78, 5) is 26.4. The van der Waals surface area contributed by atoms with Gasteiger partial charge in [0.15, 0.2) is 0 Å². The van der Waals surface area contributed by atoms with E-state index in [4.69, 9.17) is 4.74 Å². The lowest BCUT2D eigenvalue weighted by Crippen LogP contribution is -2.43. The van der Waals surface area contributed by atoms with Gasteiger partial charge >= 0.3 is 12.3 Å². The molecule has 168 valence electrons. The molecule has 0 bridgehead atoms. The molecular weight excluding hydrogens is 425 g/mol. The number of benzene rings is 2. The first-order chi connectivity index (χ1) is 15.0. The number of halogens is 3. The van der Waals surface area contributed by atoms with Crippen LogP contribution in [0.25, 0.3) is 5.70 Å². The van der Waals surface area contributed by atoms with E-state index >= 15 is 0 Å². The van der Waals surface area contributed by atoms with E-state index in [1.807, 2.05) is 0 Å². The number of hydrogen-bond donors (Lipinski definition) is 1. The molecule has 2 amide bonds. The van der Waals surface area contributed by atoms with Crippen LogP contribution in [0, 0.1) is 0 Å². The summed E-state index contributed by atoms with van der Waals surface area (Å²) in [7, 11) is 1.21. The van der Waals surface area contributed by atoms with Crippen molar-refractivity contribution in [2.75, 3.05) is 13.7 Å². The molecule has 2 aromatic rings. The molecule has 32 heavy (non-hydrogen) atoms. The van der Waals surface area contributed by atoms with Crippen LogP contribution in [0.1, 0.15) is 40.9 Å². The Morgan fingerprint density at radius 1 is 1.19 bits per heavy atom. The van der Waals surface area contributed by atoms with Gasteiger partial charge in [-0.25, -0.2) is 4.79 Å². The minimum Gasteiger partial charge on any atom is -0.483 e. The number of fused-ring (bicyclic) bond motifs is 2. The lowest BCUT2D eigenvalue weighted by atomic mass is 9.88. The number of carbonyl (C=O) groups excluding carboxylic acids is 2. The van der Waals surface area contributed by atoms with E-state index in [1.165, 1.54) is 18.1 Å². The average molecular weight is 446 g/mol. The zero-order chi connectivity index (χ0) is 23.3. The van der Waals surface area contributed by atoms with Gasteiger partial charge in [-0.2, -0.15) is 13.2 Å². The lowest BCUT2D eigenvalue weighted by molar-refractivity contribution is -0.137. The molecule has 0 atom stereocenters. The zero-order valence-corrected chi connectivity index (χ0v) is 17.7. The largest absolute Gasteiger partial charge is 0.483 e. The number of alkyl carbamates (subject to hydrolysis) is 1. The van der Waals surface area contributed by atoms with Crippen molar-refractivity contribution in [1.29, 1.82) is 0 Å². The summed E-state index contributed by atoms with van der Waals surface area (Å²) >= 11 is 0. The molecule has 0 aromatic heterocycles. The van der Waals surface area contributed by atoms with Gasteiger partial charge in [-0.15, -0.1) is 0 Å². The third kappa shape index (κ3) is 3.68. The molecule has 1 N–H and O–H groups in total. The van der Waals surface area contributed by atoms with Gasteiger partial charge < -0.3 is 19.7 Å². The van der Waals surface area contributed by atoms with E-state index in [9.17, 15) is 22.8 Å². The predicted octanol–water partition coefficient (Wildman–Crippen LogP) is 4.60. The second kappa shape index (κ2) is 7.58. The Kier molecular flexibility index (Phi) is 5.15. The number of ether oxygens (including phenoxy) is 2. The maximum Gasteiger partial charge on any atom is 0.416 e. The summed E-state index contributed by atoms with van der Waals surface area (Å²) in [5.41, 5.74) is 0.263. The molecule has 4 rings (SSSR count). The summed E-state index contributed by atoms with van der Waals surface area (Å²) in [5, 5.41) is 2.56. The van der Waals surface area contributed by atoms with Crippen molar-refractivity contribution in [3.8, 4) is 5.75 Å². The Balaban J connectivity index is 1.92. The molecule has 0 fully saturated rings. The highest BCUT2D eigenvalue weighted by atomic mass is 19.4. The number of rotatable bonds is 3. The van der Waals surface area contributed by atoms with Crippen LogP contribution in [0.15, 0.2) is 48.0 Å². The van der Waals surface area contributed by atoms with E-state index < -0.39 is 23.4 Å². The number of hydrogen-bond acceptors (Lipinski definition) is 4. The normalized spacial score (nSPS) is 16.9. The summed E-state index contributed by atoms with van der Waals surface area (Å²) in [5.74, 6) is -0.101. The number of methoxy groups -OCH3 is 1. The molecule has 0 radical (unpaired) electrons. The Labute approximate surface area is 182 Å². The van der Waals surface area contributed by atoms with Crippen LogP contribution >= 0.6 is 0 Å². The maximum atomic E-state index is 13.5. The minimum absolute atomic E-state index is 0.0786. The number of carbonyl (C=O) groups is 2. The Morgan fingerprint density at radius 3 is 2.56 bits per heavy atom. The Bertz CT molecular complexity index is 1140. The van der Waals surface area contributed by atoms with E-state index in [1.54, 1.807) is 38.1 Å². The van der Waals surface area contributed by atoms with Crippen molar-refractivity contribution in [3.63, 3.8) is 0 Å². The van der Waals surface area contributed by atoms with Crippen LogP contribution in [0.5, 0.6) is 5.75 Å². The topological polar surface area (TPSA) is 67.9 Å². The molecular formula is C23H21F3N2O4. The Morgan fingerprint density at radius 2 is 1.91 bits per heavy atom. The number of amides is 2. The number of nitrogens with zero attached hydrogens (tertiary/aromatic N) is 1. The van der Waals surface area contributed by atoms with Crippen LogP contribution in [-0.4, -0.2) is 36.2 Å². The molecule has 2 aliphatic rings. The van der Waals surface area contributed by atoms with Gasteiger partial charge in [0.1, 0.15) is 11.4 Å². The monoisotopic (exact) mass is 446 g/mol. The van der Waals surface area contributed by atoms with Gasteiger partial charge in [-0.05, 0) is 43.7 Å². The number of alkyl halides is 3. The van der Waals surface area contributed by atoms with Crippen LogP contribution in [-0.2, 0) is 17.5 Å². The van der Waals surface area contributed by atoms with Crippen molar-refractivity contribution in [2.24, 2.45) is 0 Å². The summed E-state index contributed by atoms with van der Waals surface area (Å²) in [6, 6.07) is 10.2. The third-order valence-corrected chi connectivity index (χ3v) is 5.63. The average Bonchev–Trinajstić information content (AvgIpc) is 3.06. The van der Waals surface area contributed by atoms with Crippen molar-refractivity contribution < 1.29 is 32.2 Å². The fourth-order valence-electron chi connectivity index (χ4n) is 4.04. The highest BCUT2D eigenvalue weighted by molar-refractivity contribution is 6.04.